The van der Waals surface area contributed by atoms with Gasteiger partial charge in [-0.15, -0.1) is 0 Å². The SMILES string of the molecule is N.O=S(=O)([O-])O.[Cs+]. The third-order valence-corrected chi connectivity index (χ3v) is 0. The van der Waals surface area contributed by atoms with Crippen LogP contribution in [0.15, 0.2) is 0 Å². The summed E-state index contributed by atoms with van der Waals surface area (Å²) in [5.74, 6) is 0. The molecule has 0 aromatic carbocycles. The molecular weight excluding hydrogens is 243 g/mol. The average molecular weight is 247 g/mol. The second-order valence-electron chi connectivity index (χ2n) is 0.428. The summed E-state index contributed by atoms with van der Waals surface area (Å²) in [4.78, 5) is 0. The summed E-state index contributed by atoms with van der Waals surface area (Å²) in [7, 11) is -4.92. The number of rotatable bonds is 0. The third-order valence-electron chi connectivity index (χ3n) is 0. The first-order chi connectivity index (χ1) is 2.00. The second kappa shape index (κ2) is 6.01. The van der Waals surface area contributed by atoms with Crippen LogP contribution in [0.2, 0.25) is 0 Å². The Bertz CT molecular complexity index is 94.9. The van der Waals surface area contributed by atoms with E-state index in [1.165, 1.54) is 0 Å². The summed E-state index contributed by atoms with van der Waals surface area (Å²) >= 11 is 0. The maximum Gasteiger partial charge on any atom is 1.00 e. The Morgan fingerprint density at radius 1 is 1.43 bits per heavy atom. The van der Waals surface area contributed by atoms with Crippen LogP contribution in [0.4, 0.5) is 0 Å². The Morgan fingerprint density at radius 2 is 1.43 bits per heavy atom. The molecule has 0 aromatic heterocycles. The van der Waals surface area contributed by atoms with E-state index < -0.39 is 10.4 Å². The van der Waals surface area contributed by atoms with E-state index in [-0.39, 0.29) is 75.0 Å². The molecule has 4 N–H and O–H groups in total. The van der Waals surface area contributed by atoms with Crippen molar-refractivity contribution in [2.75, 3.05) is 0 Å². The first-order valence-electron chi connectivity index (χ1n) is 0.683. The molecule has 0 unspecified atom stereocenters. The largest absolute Gasteiger partial charge is 1.00 e. The van der Waals surface area contributed by atoms with Gasteiger partial charge in [0.25, 0.3) is 0 Å². The normalized spacial score (nSPS) is 8.29. The van der Waals surface area contributed by atoms with Crippen molar-refractivity contribution in [1.29, 1.82) is 0 Å². The van der Waals surface area contributed by atoms with Crippen LogP contribution in [0.1, 0.15) is 0 Å². The topological polar surface area (TPSA) is 112 Å². The van der Waals surface area contributed by atoms with E-state index in [9.17, 15) is 0 Å². The molecule has 0 heterocycles. The molecule has 0 fully saturated rings. The van der Waals surface area contributed by atoms with Crippen LogP contribution < -0.4 is 75.0 Å². The van der Waals surface area contributed by atoms with E-state index in [0.29, 0.717) is 0 Å². The summed E-state index contributed by atoms with van der Waals surface area (Å²) < 4.78 is 32.8. The van der Waals surface area contributed by atoms with Crippen LogP contribution >= 0.6 is 0 Å². The van der Waals surface area contributed by atoms with E-state index >= 15 is 0 Å². The van der Waals surface area contributed by atoms with Gasteiger partial charge in [-0.2, -0.15) is 0 Å². The smallest absolute Gasteiger partial charge is 0.726 e. The molecule has 5 nitrogen and oxygen atoms in total. The molecule has 0 spiro atoms. The summed E-state index contributed by atoms with van der Waals surface area (Å²) in [6.07, 6.45) is 0. The Balaban J connectivity index is -0.0000000800. The fraction of sp³-hybridized carbons (Fsp3) is 0. The molecule has 0 saturated carbocycles. The Labute approximate surface area is 100 Å². The predicted molar refractivity (Wildman–Crippen MR) is 17.3 cm³/mol. The average Bonchev–Trinajstić information content (AvgIpc) is 0.722. The van der Waals surface area contributed by atoms with Crippen molar-refractivity contribution in [1.82, 2.24) is 6.15 Å². The number of hydrogen-bond donors (Lipinski definition) is 2. The second-order valence-corrected chi connectivity index (χ2v) is 1.28. The van der Waals surface area contributed by atoms with Gasteiger partial charge in [0.05, 0.1) is 0 Å². The molecule has 0 rings (SSSR count). The zero-order chi connectivity index (χ0) is 4.50. The molecule has 40 valence electrons. The van der Waals surface area contributed by atoms with Gasteiger partial charge in [0.1, 0.15) is 0 Å². The molecule has 0 aromatic rings. The minimum Gasteiger partial charge on any atom is -0.726 e. The molecule has 0 aliphatic carbocycles. The van der Waals surface area contributed by atoms with Crippen molar-refractivity contribution in [3.8, 4) is 0 Å². The zero-order valence-corrected chi connectivity index (χ0v) is 10.9. The van der Waals surface area contributed by atoms with Gasteiger partial charge in [-0.1, -0.05) is 0 Å². The van der Waals surface area contributed by atoms with E-state index in [4.69, 9.17) is 17.5 Å². The Morgan fingerprint density at radius 3 is 1.43 bits per heavy atom. The Hall–Kier alpha value is 1.88. The van der Waals surface area contributed by atoms with Gasteiger partial charge in [0.15, 0.2) is 0 Å². The van der Waals surface area contributed by atoms with Crippen molar-refractivity contribution >= 4 is 10.4 Å². The minimum absolute atomic E-state index is 0. The number of hydrogen-bond acceptors (Lipinski definition) is 4. The van der Waals surface area contributed by atoms with Gasteiger partial charge in [-0.25, -0.2) is 8.42 Å². The van der Waals surface area contributed by atoms with Gasteiger partial charge in [-0.05, 0) is 0 Å². The summed E-state index contributed by atoms with van der Waals surface area (Å²) in [6.45, 7) is 0. The molecule has 7 heavy (non-hydrogen) atoms. The fourth-order valence-electron chi connectivity index (χ4n) is 0. The van der Waals surface area contributed by atoms with E-state index in [1.807, 2.05) is 0 Å². The van der Waals surface area contributed by atoms with Crippen LogP contribution in [-0.4, -0.2) is 17.5 Å². The quantitative estimate of drug-likeness (QED) is 0.336. The van der Waals surface area contributed by atoms with Crippen molar-refractivity contribution in [3.63, 3.8) is 0 Å². The molecule has 0 bridgehead atoms. The van der Waals surface area contributed by atoms with Crippen LogP contribution in [0.3, 0.4) is 0 Å². The predicted octanol–water partition coefficient (Wildman–Crippen LogP) is -3.83. The summed E-state index contributed by atoms with van der Waals surface area (Å²) in [6, 6.07) is 0. The van der Waals surface area contributed by atoms with Gasteiger partial charge in [-0.3, -0.25) is 4.55 Å². The van der Waals surface area contributed by atoms with E-state index in [2.05, 4.69) is 0 Å². The molecular formula is H4CsNO4S. The Kier molecular flexibility index (Phi) is 13.7. The molecule has 7 heteroatoms. The van der Waals surface area contributed by atoms with Gasteiger partial charge in [0, 0.05) is 0 Å². The van der Waals surface area contributed by atoms with Crippen molar-refractivity contribution in [2.45, 2.75) is 0 Å². The molecule has 0 aliphatic heterocycles. The maximum absolute atomic E-state index is 8.63. The van der Waals surface area contributed by atoms with E-state index in [1.54, 1.807) is 0 Å². The first kappa shape index (κ1) is 15.9. The maximum atomic E-state index is 8.63. The molecule has 0 saturated heterocycles. The van der Waals surface area contributed by atoms with Crippen LogP contribution in [0.25, 0.3) is 0 Å². The first-order valence-corrected chi connectivity index (χ1v) is 2.05. The van der Waals surface area contributed by atoms with Crippen LogP contribution in [0, 0.1) is 0 Å². The van der Waals surface area contributed by atoms with Gasteiger partial charge in [0.2, 0.25) is 10.4 Å². The molecule has 0 amide bonds. The van der Waals surface area contributed by atoms with Crippen LogP contribution in [-0.2, 0) is 10.4 Å². The van der Waals surface area contributed by atoms with Crippen molar-refractivity contribution in [2.24, 2.45) is 0 Å². The van der Waals surface area contributed by atoms with E-state index in [0.717, 1.165) is 0 Å². The third kappa shape index (κ3) is 77.0. The molecule has 0 radical (unpaired) electrons. The van der Waals surface area contributed by atoms with Crippen molar-refractivity contribution in [3.05, 3.63) is 0 Å². The summed E-state index contributed by atoms with van der Waals surface area (Å²) in [5.41, 5.74) is 0. The molecule has 0 aliphatic rings. The van der Waals surface area contributed by atoms with Crippen LogP contribution in [0.5, 0.6) is 0 Å². The van der Waals surface area contributed by atoms with Gasteiger partial charge >= 0.3 is 68.9 Å². The molecule has 0 atom stereocenters. The van der Waals surface area contributed by atoms with Gasteiger partial charge < -0.3 is 10.7 Å². The van der Waals surface area contributed by atoms with Crippen molar-refractivity contribution < 1.29 is 86.4 Å². The zero-order valence-electron chi connectivity index (χ0n) is 3.79. The summed E-state index contributed by atoms with van der Waals surface area (Å²) in [5, 5.41) is 0. The fourth-order valence-corrected chi connectivity index (χ4v) is 0. The monoisotopic (exact) mass is 247 g/mol. The minimum atomic E-state index is -4.92. The standard InChI is InChI=1S/Cs.H3N.H2O4S/c;;1-5(2,3)4/h;1H3;(H2,1,2,3,4)/q+1;;/p-1.